The number of nitrogens with two attached hydrogens (primary N) is 1. The highest BCUT2D eigenvalue weighted by Gasteiger charge is 2.48. The van der Waals surface area contributed by atoms with Crippen molar-refractivity contribution in [1.82, 2.24) is 0 Å². The van der Waals surface area contributed by atoms with Crippen LogP contribution in [0.2, 0.25) is 0 Å². The molecule has 2 atom stereocenters. The van der Waals surface area contributed by atoms with Gasteiger partial charge in [0.2, 0.25) is 0 Å². The Morgan fingerprint density at radius 2 is 2.26 bits per heavy atom. The van der Waals surface area contributed by atoms with Crippen molar-refractivity contribution in [3.8, 4) is 6.07 Å². The first kappa shape index (κ1) is 13.7. The lowest BCUT2D eigenvalue weighted by Gasteiger charge is -2.52. The van der Waals surface area contributed by atoms with Crippen LogP contribution in [0.25, 0.3) is 0 Å². The van der Waals surface area contributed by atoms with E-state index in [9.17, 15) is 0 Å². The molecule has 4 heteroatoms. The van der Waals surface area contributed by atoms with Crippen molar-refractivity contribution in [1.29, 1.82) is 5.26 Å². The Bertz CT molecular complexity index is 505. The van der Waals surface area contributed by atoms with Gasteiger partial charge in [-0.05, 0) is 31.5 Å². The minimum Gasteiger partial charge on any atom is -0.398 e. The summed E-state index contributed by atoms with van der Waals surface area (Å²) in [4.78, 5) is 0. The Hall–Kier alpha value is -1.73. The molecule has 3 N–H and O–H groups in total. The number of hydrogen-bond acceptors (Lipinski definition) is 4. The van der Waals surface area contributed by atoms with Crippen LogP contribution in [0.15, 0.2) is 18.2 Å². The van der Waals surface area contributed by atoms with Gasteiger partial charge < -0.3 is 15.8 Å². The standard InChI is InChI=1S/C15H21N3O/c1-4-19-14-8-13(15(14,2)3)18-11-5-6-12(17)10(7-11)9-16/h5-7,13-14,18H,4,8,17H2,1-3H3. The van der Waals surface area contributed by atoms with Gasteiger partial charge in [0.05, 0.1) is 11.7 Å². The number of ether oxygens (including phenoxy) is 1. The van der Waals surface area contributed by atoms with Crippen LogP contribution in [0, 0.1) is 16.7 Å². The Kier molecular flexibility index (Phi) is 3.68. The molecule has 0 aliphatic heterocycles. The van der Waals surface area contributed by atoms with Gasteiger partial charge in [0.15, 0.2) is 0 Å². The van der Waals surface area contributed by atoms with Crippen LogP contribution in [0.5, 0.6) is 0 Å². The van der Waals surface area contributed by atoms with Gasteiger partial charge in [-0.15, -0.1) is 0 Å². The zero-order valence-electron chi connectivity index (χ0n) is 11.7. The number of benzene rings is 1. The van der Waals surface area contributed by atoms with E-state index in [1.165, 1.54) is 0 Å². The fourth-order valence-corrected chi connectivity index (χ4v) is 2.56. The molecule has 0 spiro atoms. The van der Waals surface area contributed by atoms with Crippen molar-refractivity contribution < 1.29 is 4.74 Å². The summed E-state index contributed by atoms with van der Waals surface area (Å²) in [6, 6.07) is 7.96. The van der Waals surface area contributed by atoms with Gasteiger partial charge in [0.1, 0.15) is 6.07 Å². The van der Waals surface area contributed by atoms with Crippen LogP contribution < -0.4 is 11.1 Å². The zero-order chi connectivity index (χ0) is 14.0. The third-order valence-electron chi connectivity index (χ3n) is 4.06. The van der Waals surface area contributed by atoms with Crippen molar-refractivity contribution in [3.63, 3.8) is 0 Å². The Morgan fingerprint density at radius 1 is 1.53 bits per heavy atom. The summed E-state index contributed by atoms with van der Waals surface area (Å²) in [6.07, 6.45) is 1.30. The molecule has 0 bridgehead atoms. The van der Waals surface area contributed by atoms with Crippen molar-refractivity contribution >= 4 is 11.4 Å². The summed E-state index contributed by atoms with van der Waals surface area (Å²) >= 11 is 0. The number of nitrogen functional groups attached to an aromatic ring is 1. The van der Waals surface area contributed by atoms with Gasteiger partial charge in [-0.1, -0.05) is 13.8 Å². The third kappa shape index (κ3) is 2.52. The Morgan fingerprint density at radius 3 is 2.84 bits per heavy atom. The van der Waals surface area contributed by atoms with E-state index < -0.39 is 0 Å². The lowest BCUT2D eigenvalue weighted by atomic mass is 9.64. The SMILES string of the molecule is CCOC1CC(Nc2ccc(N)c(C#N)c2)C1(C)C. The smallest absolute Gasteiger partial charge is 0.101 e. The zero-order valence-corrected chi connectivity index (χ0v) is 11.7. The molecule has 1 aromatic rings. The molecule has 0 heterocycles. The number of nitrogens with one attached hydrogen (secondary N) is 1. The molecule has 1 fully saturated rings. The first-order valence-corrected chi connectivity index (χ1v) is 6.66. The highest BCUT2D eigenvalue weighted by atomic mass is 16.5. The maximum atomic E-state index is 8.99. The molecule has 2 rings (SSSR count). The van der Waals surface area contributed by atoms with Crippen molar-refractivity contribution in [2.75, 3.05) is 17.7 Å². The number of anilines is 2. The van der Waals surface area contributed by atoms with Crippen LogP contribution in [0.4, 0.5) is 11.4 Å². The molecule has 1 saturated carbocycles. The molecular weight excluding hydrogens is 238 g/mol. The molecule has 0 radical (unpaired) electrons. The molecule has 1 aliphatic rings. The minimum absolute atomic E-state index is 0.101. The predicted molar refractivity (Wildman–Crippen MR) is 76.8 cm³/mol. The van der Waals surface area contributed by atoms with Crippen LogP contribution >= 0.6 is 0 Å². The largest absolute Gasteiger partial charge is 0.398 e. The highest BCUT2D eigenvalue weighted by molar-refractivity contribution is 5.62. The van der Waals surface area contributed by atoms with Crippen molar-refractivity contribution in [2.24, 2.45) is 5.41 Å². The van der Waals surface area contributed by atoms with E-state index in [-0.39, 0.29) is 5.41 Å². The monoisotopic (exact) mass is 259 g/mol. The van der Waals surface area contributed by atoms with E-state index >= 15 is 0 Å². The molecule has 4 nitrogen and oxygen atoms in total. The van der Waals surface area contributed by atoms with Gasteiger partial charge in [-0.25, -0.2) is 0 Å². The topological polar surface area (TPSA) is 71.1 Å². The second-order valence-corrected chi connectivity index (χ2v) is 5.61. The fourth-order valence-electron chi connectivity index (χ4n) is 2.56. The van der Waals surface area contributed by atoms with Gasteiger partial charge in [0.25, 0.3) is 0 Å². The van der Waals surface area contributed by atoms with Gasteiger partial charge in [-0.2, -0.15) is 5.26 Å². The Labute approximate surface area is 114 Å². The molecule has 102 valence electrons. The number of nitrogens with zero attached hydrogens (tertiary/aromatic N) is 1. The fraction of sp³-hybridized carbons (Fsp3) is 0.533. The van der Waals surface area contributed by atoms with Gasteiger partial charge in [-0.3, -0.25) is 0 Å². The molecule has 1 aromatic carbocycles. The average Bonchev–Trinajstić information content (AvgIpc) is 2.39. The lowest BCUT2D eigenvalue weighted by molar-refractivity contribution is -0.0975. The van der Waals surface area contributed by atoms with E-state index in [1.807, 2.05) is 13.0 Å². The molecule has 1 aliphatic carbocycles. The van der Waals surface area contributed by atoms with Crippen LogP contribution in [0.1, 0.15) is 32.8 Å². The summed E-state index contributed by atoms with van der Waals surface area (Å²) in [7, 11) is 0. The maximum Gasteiger partial charge on any atom is 0.101 e. The molecule has 0 aromatic heterocycles. The maximum absolute atomic E-state index is 8.99. The molecular formula is C15H21N3O. The highest BCUT2D eigenvalue weighted by Crippen LogP contribution is 2.44. The number of nitriles is 1. The van der Waals surface area contributed by atoms with E-state index in [0.717, 1.165) is 18.7 Å². The first-order valence-electron chi connectivity index (χ1n) is 6.66. The molecule has 0 saturated heterocycles. The van der Waals surface area contributed by atoms with E-state index in [4.69, 9.17) is 15.7 Å². The molecule has 0 amide bonds. The molecule has 19 heavy (non-hydrogen) atoms. The second kappa shape index (κ2) is 5.10. The van der Waals surface area contributed by atoms with Crippen molar-refractivity contribution in [2.45, 2.75) is 39.3 Å². The summed E-state index contributed by atoms with van der Waals surface area (Å²) < 4.78 is 5.71. The normalized spacial score (nSPS) is 24.3. The van der Waals surface area contributed by atoms with Crippen LogP contribution in [-0.2, 0) is 4.74 Å². The number of hydrogen-bond donors (Lipinski definition) is 2. The summed E-state index contributed by atoms with van der Waals surface area (Å²) in [5.74, 6) is 0. The van der Waals surface area contributed by atoms with E-state index in [2.05, 4.69) is 25.2 Å². The van der Waals surface area contributed by atoms with Gasteiger partial charge >= 0.3 is 0 Å². The Balaban J connectivity index is 2.06. The predicted octanol–water partition coefficient (Wildman–Crippen LogP) is 2.76. The first-order chi connectivity index (χ1) is 8.98. The van der Waals surface area contributed by atoms with Crippen molar-refractivity contribution in [3.05, 3.63) is 23.8 Å². The lowest BCUT2D eigenvalue weighted by Crippen LogP contribution is -2.58. The summed E-state index contributed by atoms with van der Waals surface area (Å²) in [5, 5.41) is 12.5. The molecule has 2 unspecified atom stereocenters. The van der Waals surface area contributed by atoms with Crippen LogP contribution in [0.3, 0.4) is 0 Å². The average molecular weight is 259 g/mol. The second-order valence-electron chi connectivity index (χ2n) is 5.61. The quantitative estimate of drug-likeness (QED) is 0.816. The van der Waals surface area contributed by atoms with Gasteiger partial charge in [0, 0.05) is 29.4 Å². The number of rotatable bonds is 4. The minimum atomic E-state index is 0.101. The summed E-state index contributed by atoms with van der Waals surface area (Å²) in [5.41, 5.74) is 7.81. The van der Waals surface area contributed by atoms with E-state index in [1.54, 1.807) is 12.1 Å². The van der Waals surface area contributed by atoms with E-state index in [0.29, 0.717) is 23.4 Å². The van der Waals surface area contributed by atoms with Crippen LogP contribution in [-0.4, -0.2) is 18.8 Å². The summed E-state index contributed by atoms with van der Waals surface area (Å²) in [6.45, 7) is 7.19. The third-order valence-corrected chi connectivity index (χ3v) is 4.06.